The summed E-state index contributed by atoms with van der Waals surface area (Å²) in [6, 6.07) is 7.28. The number of carbonyl (C=O) groups is 2. The van der Waals surface area contributed by atoms with Gasteiger partial charge < -0.3 is 9.64 Å². The maximum Gasteiger partial charge on any atom is 0.260 e. The van der Waals surface area contributed by atoms with Crippen molar-refractivity contribution in [1.29, 1.82) is 0 Å². The van der Waals surface area contributed by atoms with Gasteiger partial charge in [0.15, 0.2) is 6.61 Å². The number of nitrogens with zero attached hydrogens (tertiary/aromatic N) is 1. The topological polar surface area (TPSA) is 84.7 Å². The first-order valence-electron chi connectivity index (χ1n) is 6.76. The molecule has 2 rings (SSSR count). The van der Waals surface area contributed by atoms with Crippen LogP contribution >= 0.6 is 15.9 Å². The number of hydrazine groups is 1. The van der Waals surface area contributed by atoms with E-state index in [0.29, 0.717) is 18.8 Å². The normalized spacial score (nSPS) is 18.2. The second-order valence-electron chi connectivity index (χ2n) is 4.93. The first-order chi connectivity index (χ1) is 10.1. The van der Waals surface area contributed by atoms with Gasteiger partial charge in [-0.25, -0.2) is 5.84 Å². The number of likely N-dealkylation sites (tertiary alicyclic amines) is 1. The molecule has 1 fully saturated rings. The van der Waals surface area contributed by atoms with Crippen LogP contribution in [-0.4, -0.2) is 36.4 Å². The van der Waals surface area contributed by atoms with Crippen molar-refractivity contribution < 1.29 is 14.3 Å². The fourth-order valence-electron chi connectivity index (χ4n) is 2.30. The maximum atomic E-state index is 12.1. The molecular weight excluding hydrogens is 338 g/mol. The Morgan fingerprint density at radius 1 is 1.38 bits per heavy atom. The van der Waals surface area contributed by atoms with E-state index < -0.39 is 0 Å². The smallest absolute Gasteiger partial charge is 0.260 e. The van der Waals surface area contributed by atoms with Crippen molar-refractivity contribution in [3.8, 4) is 5.75 Å². The van der Waals surface area contributed by atoms with Crippen LogP contribution in [0, 0.1) is 5.92 Å². The third kappa shape index (κ3) is 4.44. The molecule has 1 saturated heterocycles. The third-order valence-electron chi connectivity index (χ3n) is 3.46. The van der Waals surface area contributed by atoms with Crippen LogP contribution in [0.25, 0.3) is 0 Å². The number of nitrogens with one attached hydrogen (secondary N) is 1. The van der Waals surface area contributed by atoms with Crippen LogP contribution < -0.4 is 16.0 Å². The highest BCUT2D eigenvalue weighted by Crippen LogP contribution is 2.18. The number of rotatable bonds is 4. The molecule has 0 aromatic heterocycles. The van der Waals surface area contributed by atoms with E-state index in [-0.39, 0.29) is 24.3 Å². The summed E-state index contributed by atoms with van der Waals surface area (Å²) in [5, 5.41) is 0. The minimum atomic E-state index is -0.236. The molecule has 21 heavy (non-hydrogen) atoms. The number of ether oxygens (including phenoxy) is 1. The van der Waals surface area contributed by atoms with E-state index in [4.69, 9.17) is 10.6 Å². The van der Waals surface area contributed by atoms with Crippen LogP contribution in [-0.2, 0) is 9.59 Å². The van der Waals surface area contributed by atoms with Gasteiger partial charge >= 0.3 is 0 Å². The lowest BCUT2D eigenvalue weighted by Crippen LogP contribution is -2.48. The fraction of sp³-hybridized carbons (Fsp3) is 0.429. The van der Waals surface area contributed by atoms with Crippen molar-refractivity contribution in [2.45, 2.75) is 12.8 Å². The van der Waals surface area contributed by atoms with Gasteiger partial charge in [0.1, 0.15) is 5.75 Å². The van der Waals surface area contributed by atoms with Gasteiger partial charge in [0, 0.05) is 17.6 Å². The molecule has 1 aromatic carbocycles. The summed E-state index contributed by atoms with van der Waals surface area (Å²) in [5.41, 5.74) is 2.14. The summed E-state index contributed by atoms with van der Waals surface area (Å²) in [6.07, 6.45) is 1.54. The average Bonchev–Trinajstić information content (AvgIpc) is 2.53. The molecule has 1 heterocycles. The summed E-state index contributed by atoms with van der Waals surface area (Å²) < 4.78 is 6.41. The van der Waals surface area contributed by atoms with E-state index in [1.54, 1.807) is 17.0 Å². The average molecular weight is 356 g/mol. The van der Waals surface area contributed by atoms with Gasteiger partial charge in [-0.15, -0.1) is 0 Å². The first kappa shape index (κ1) is 15.8. The van der Waals surface area contributed by atoms with E-state index in [1.165, 1.54) is 0 Å². The van der Waals surface area contributed by atoms with Gasteiger partial charge in [0.05, 0.1) is 5.92 Å². The third-order valence-corrected chi connectivity index (χ3v) is 3.99. The lowest BCUT2D eigenvalue weighted by Gasteiger charge is -2.31. The van der Waals surface area contributed by atoms with Crippen molar-refractivity contribution in [3.05, 3.63) is 28.7 Å². The van der Waals surface area contributed by atoms with Crippen LogP contribution in [0.2, 0.25) is 0 Å². The number of carbonyl (C=O) groups excluding carboxylic acids is 2. The number of hydrogen-bond donors (Lipinski definition) is 2. The Kier molecular flexibility index (Phi) is 5.58. The standard InChI is InChI=1S/C14H18BrN3O3/c15-11-3-5-12(6-4-11)21-9-13(19)18-7-1-2-10(8-18)14(20)17-16/h3-6,10H,1-2,7-9,16H2,(H,17,20). The SMILES string of the molecule is NNC(=O)C1CCCN(C(=O)COc2ccc(Br)cc2)C1. The molecule has 1 atom stereocenters. The van der Waals surface area contributed by atoms with Crippen LogP contribution in [0.4, 0.5) is 0 Å². The van der Waals surface area contributed by atoms with Crippen LogP contribution in [0.15, 0.2) is 28.7 Å². The highest BCUT2D eigenvalue weighted by molar-refractivity contribution is 9.10. The van der Waals surface area contributed by atoms with Crippen molar-refractivity contribution in [1.82, 2.24) is 10.3 Å². The van der Waals surface area contributed by atoms with Crippen LogP contribution in [0.1, 0.15) is 12.8 Å². The molecule has 0 saturated carbocycles. The molecule has 0 spiro atoms. The molecule has 2 amide bonds. The molecule has 0 bridgehead atoms. The molecule has 0 aliphatic carbocycles. The van der Waals surface area contributed by atoms with E-state index in [0.717, 1.165) is 17.3 Å². The number of piperidine rings is 1. The molecule has 7 heteroatoms. The summed E-state index contributed by atoms with van der Waals surface area (Å²) in [4.78, 5) is 25.3. The summed E-state index contributed by atoms with van der Waals surface area (Å²) in [7, 11) is 0. The Morgan fingerprint density at radius 3 is 2.76 bits per heavy atom. The van der Waals surface area contributed by atoms with Crippen molar-refractivity contribution in [2.24, 2.45) is 11.8 Å². The second-order valence-corrected chi connectivity index (χ2v) is 5.85. The van der Waals surface area contributed by atoms with Gasteiger partial charge in [-0.2, -0.15) is 0 Å². The predicted molar refractivity (Wildman–Crippen MR) is 81.3 cm³/mol. The van der Waals surface area contributed by atoms with Gasteiger partial charge in [-0.05, 0) is 37.1 Å². The van der Waals surface area contributed by atoms with Crippen molar-refractivity contribution in [3.63, 3.8) is 0 Å². The van der Waals surface area contributed by atoms with Gasteiger partial charge in [0.25, 0.3) is 5.91 Å². The number of amides is 2. The molecule has 114 valence electrons. The fourth-order valence-corrected chi connectivity index (χ4v) is 2.57. The second kappa shape index (κ2) is 7.42. The number of halogens is 1. The zero-order valence-electron chi connectivity index (χ0n) is 11.5. The van der Waals surface area contributed by atoms with Crippen molar-refractivity contribution >= 4 is 27.7 Å². The summed E-state index contributed by atoms with van der Waals surface area (Å²) in [6.45, 7) is 1.01. The Hall–Kier alpha value is -1.60. The van der Waals surface area contributed by atoms with Gasteiger partial charge in [-0.3, -0.25) is 15.0 Å². The highest BCUT2D eigenvalue weighted by Gasteiger charge is 2.28. The Bertz CT molecular complexity index is 507. The van der Waals surface area contributed by atoms with Crippen molar-refractivity contribution in [2.75, 3.05) is 19.7 Å². The minimum Gasteiger partial charge on any atom is -0.484 e. The van der Waals surface area contributed by atoms with Crippen LogP contribution in [0.3, 0.4) is 0 Å². The van der Waals surface area contributed by atoms with Gasteiger partial charge in [0.2, 0.25) is 5.91 Å². The molecule has 0 radical (unpaired) electrons. The summed E-state index contributed by atoms with van der Waals surface area (Å²) >= 11 is 3.34. The number of hydrogen-bond acceptors (Lipinski definition) is 4. The number of nitrogens with two attached hydrogens (primary N) is 1. The first-order valence-corrected chi connectivity index (χ1v) is 7.56. The highest BCUT2D eigenvalue weighted by atomic mass is 79.9. The molecule has 1 aromatic rings. The Morgan fingerprint density at radius 2 is 2.10 bits per heavy atom. The maximum absolute atomic E-state index is 12.1. The Balaban J connectivity index is 1.85. The predicted octanol–water partition coefficient (Wildman–Crippen LogP) is 1.06. The number of benzene rings is 1. The minimum absolute atomic E-state index is 0.0292. The molecular formula is C14H18BrN3O3. The monoisotopic (exact) mass is 355 g/mol. The molecule has 6 nitrogen and oxygen atoms in total. The van der Waals surface area contributed by atoms with E-state index >= 15 is 0 Å². The summed E-state index contributed by atoms with van der Waals surface area (Å²) in [5.74, 6) is 5.20. The van der Waals surface area contributed by atoms with E-state index in [9.17, 15) is 9.59 Å². The zero-order chi connectivity index (χ0) is 15.2. The van der Waals surface area contributed by atoms with E-state index in [1.807, 2.05) is 12.1 Å². The quantitative estimate of drug-likeness (QED) is 0.480. The van der Waals surface area contributed by atoms with Gasteiger partial charge in [-0.1, -0.05) is 15.9 Å². The van der Waals surface area contributed by atoms with E-state index in [2.05, 4.69) is 21.4 Å². The lowest BCUT2D eigenvalue weighted by atomic mass is 9.97. The molecule has 1 unspecified atom stereocenters. The molecule has 3 N–H and O–H groups in total. The largest absolute Gasteiger partial charge is 0.484 e. The Labute approximate surface area is 131 Å². The lowest BCUT2D eigenvalue weighted by molar-refractivity contribution is -0.137. The molecule has 1 aliphatic rings. The van der Waals surface area contributed by atoms with Crippen LogP contribution in [0.5, 0.6) is 5.75 Å². The zero-order valence-corrected chi connectivity index (χ0v) is 13.1. The molecule has 1 aliphatic heterocycles.